The van der Waals surface area contributed by atoms with E-state index in [-0.39, 0.29) is 22.2 Å². The van der Waals surface area contributed by atoms with Crippen LogP contribution in [0.25, 0.3) is 16.6 Å². The summed E-state index contributed by atoms with van der Waals surface area (Å²) in [5.74, 6) is -0.321. The molecule has 0 saturated heterocycles. The number of benzene rings is 3. The summed E-state index contributed by atoms with van der Waals surface area (Å²) in [4.78, 5) is 52.3. The number of para-hydroxylation sites is 2. The molecule has 1 aromatic heterocycles. The van der Waals surface area contributed by atoms with E-state index in [1.165, 1.54) is 38.0 Å². The third-order valence-electron chi connectivity index (χ3n) is 5.59. The van der Waals surface area contributed by atoms with E-state index in [0.717, 1.165) is 4.57 Å². The topological polar surface area (TPSA) is 118 Å². The Morgan fingerprint density at radius 1 is 0.889 bits per heavy atom. The van der Waals surface area contributed by atoms with Crippen molar-refractivity contribution in [2.45, 2.75) is 6.54 Å². The first-order valence-electron chi connectivity index (χ1n) is 10.8. The third kappa shape index (κ3) is 4.43. The van der Waals surface area contributed by atoms with Crippen LogP contribution < -0.4 is 26.0 Å². The minimum absolute atomic E-state index is 0.0356. The number of aromatic nitrogens is 2. The monoisotopic (exact) mass is 489 g/mol. The first-order chi connectivity index (χ1) is 17.4. The zero-order chi connectivity index (χ0) is 25.8. The van der Waals surface area contributed by atoms with E-state index in [1.54, 1.807) is 54.6 Å². The van der Waals surface area contributed by atoms with Gasteiger partial charge in [-0.25, -0.2) is 14.2 Å². The second kappa shape index (κ2) is 10.2. The summed E-state index contributed by atoms with van der Waals surface area (Å²) in [6, 6.07) is 17.4. The van der Waals surface area contributed by atoms with Gasteiger partial charge in [0.2, 0.25) is 5.91 Å². The second-order valence-corrected chi connectivity index (χ2v) is 7.65. The molecule has 0 atom stereocenters. The lowest BCUT2D eigenvalue weighted by Crippen LogP contribution is -2.41. The Bertz CT molecular complexity index is 1590. The molecule has 4 aromatic rings. The SMILES string of the molecule is COC(=O)c1ccccc1-n1c(=O)c2ccccc2n(CC(=O)Nc2ccc(OC)cc2OC)c1=O. The lowest BCUT2D eigenvalue weighted by Gasteiger charge is -2.16. The summed E-state index contributed by atoms with van der Waals surface area (Å²) in [7, 11) is 4.17. The van der Waals surface area contributed by atoms with E-state index in [0.29, 0.717) is 17.2 Å². The Morgan fingerprint density at radius 2 is 1.61 bits per heavy atom. The Labute approximate surface area is 205 Å². The fourth-order valence-corrected chi connectivity index (χ4v) is 3.87. The molecule has 0 fully saturated rings. The van der Waals surface area contributed by atoms with E-state index in [2.05, 4.69) is 5.32 Å². The highest BCUT2D eigenvalue weighted by Gasteiger charge is 2.21. The van der Waals surface area contributed by atoms with Crippen LogP contribution >= 0.6 is 0 Å². The van der Waals surface area contributed by atoms with E-state index in [9.17, 15) is 19.2 Å². The summed E-state index contributed by atoms with van der Waals surface area (Å²) >= 11 is 0. The predicted octanol–water partition coefficient (Wildman–Crippen LogP) is 2.59. The fourth-order valence-electron chi connectivity index (χ4n) is 3.87. The van der Waals surface area contributed by atoms with Crippen molar-refractivity contribution in [1.29, 1.82) is 0 Å². The molecule has 10 heteroatoms. The number of hydrogen-bond acceptors (Lipinski definition) is 7. The van der Waals surface area contributed by atoms with Gasteiger partial charge >= 0.3 is 11.7 Å². The zero-order valence-electron chi connectivity index (χ0n) is 19.8. The van der Waals surface area contributed by atoms with Crippen molar-refractivity contribution in [3.63, 3.8) is 0 Å². The normalized spacial score (nSPS) is 10.6. The Hall–Kier alpha value is -4.86. The molecule has 10 nitrogen and oxygen atoms in total. The van der Waals surface area contributed by atoms with Crippen LogP contribution in [0.1, 0.15) is 10.4 Å². The van der Waals surface area contributed by atoms with Crippen LogP contribution in [0.5, 0.6) is 11.5 Å². The molecule has 1 amide bonds. The van der Waals surface area contributed by atoms with E-state index in [4.69, 9.17) is 14.2 Å². The van der Waals surface area contributed by atoms with Crippen molar-refractivity contribution in [2.75, 3.05) is 26.6 Å². The minimum Gasteiger partial charge on any atom is -0.497 e. The fraction of sp³-hybridized carbons (Fsp3) is 0.154. The van der Waals surface area contributed by atoms with Gasteiger partial charge in [0.05, 0.1) is 49.2 Å². The molecule has 0 spiro atoms. The molecule has 184 valence electrons. The van der Waals surface area contributed by atoms with Gasteiger partial charge in [-0.2, -0.15) is 0 Å². The summed E-state index contributed by atoms with van der Waals surface area (Å²) in [5.41, 5.74) is -0.668. The largest absolute Gasteiger partial charge is 0.497 e. The molecular formula is C26H23N3O7. The van der Waals surface area contributed by atoms with E-state index in [1.807, 2.05) is 0 Å². The maximum absolute atomic E-state index is 13.6. The van der Waals surface area contributed by atoms with Crippen molar-refractivity contribution >= 4 is 28.5 Å². The van der Waals surface area contributed by atoms with Crippen LogP contribution in [-0.4, -0.2) is 42.3 Å². The van der Waals surface area contributed by atoms with Gasteiger partial charge in [0.15, 0.2) is 0 Å². The van der Waals surface area contributed by atoms with Gasteiger partial charge < -0.3 is 19.5 Å². The lowest BCUT2D eigenvalue weighted by atomic mass is 10.1. The number of esters is 1. The Kier molecular flexibility index (Phi) is 6.86. The molecule has 0 bridgehead atoms. The molecule has 0 aliphatic rings. The number of amides is 1. The average molecular weight is 489 g/mol. The molecule has 0 aliphatic carbocycles. The number of carbonyl (C=O) groups is 2. The lowest BCUT2D eigenvalue weighted by molar-refractivity contribution is -0.116. The molecule has 36 heavy (non-hydrogen) atoms. The van der Waals surface area contributed by atoms with Crippen LogP contribution in [0.4, 0.5) is 5.69 Å². The highest BCUT2D eigenvalue weighted by molar-refractivity contribution is 5.94. The minimum atomic E-state index is -0.785. The summed E-state index contributed by atoms with van der Waals surface area (Å²) < 4.78 is 17.4. The maximum Gasteiger partial charge on any atom is 0.339 e. The van der Waals surface area contributed by atoms with Crippen molar-refractivity contribution < 1.29 is 23.8 Å². The van der Waals surface area contributed by atoms with E-state index >= 15 is 0 Å². The van der Waals surface area contributed by atoms with Gasteiger partial charge in [0.1, 0.15) is 18.0 Å². The van der Waals surface area contributed by atoms with Crippen molar-refractivity contribution in [2.24, 2.45) is 0 Å². The van der Waals surface area contributed by atoms with Gasteiger partial charge in [-0.05, 0) is 36.4 Å². The van der Waals surface area contributed by atoms with Gasteiger partial charge in [0, 0.05) is 6.07 Å². The highest BCUT2D eigenvalue weighted by Crippen LogP contribution is 2.29. The number of nitrogens with zero attached hydrogens (tertiary/aromatic N) is 2. The third-order valence-corrected chi connectivity index (χ3v) is 5.59. The molecule has 1 heterocycles. The van der Waals surface area contributed by atoms with Crippen LogP contribution in [0.2, 0.25) is 0 Å². The summed E-state index contributed by atoms with van der Waals surface area (Å²) in [6.07, 6.45) is 0. The average Bonchev–Trinajstić information content (AvgIpc) is 2.91. The highest BCUT2D eigenvalue weighted by atomic mass is 16.5. The first kappa shape index (κ1) is 24.3. The van der Waals surface area contributed by atoms with Crippen LogP contribution in [0.3, 0.4) is 0 Å². The Morgan fingerprint density at radius 3 is 2.33 bits per heavy atom. The molecule has 4 rings (SSSR count). The number of nitrogens with one attached hydrogen (secondary N) is 1. The molecule has 3 aromatic carbocycles. The number of anilines is 1. The quantitative estimate of drug-likeness (QED) is 0.397. The Balaban J connectivity index is 1.84. The van der Waals surface area contributed by atoms with Crippen LogP contribution in [0, 0.1) is 0 Å². The van der Waals surface area contributed by atoms with Crippen molar-refractivity contribution in [3.8, 4) is 17.2 Å². The van der Waals surface area contributed by atoms with Crippen molar-refractivity contribution in [3.05, 3.63) is 93.1 Å². The smallest absolute Gasteiger partial charge is 0.339 e. The van der Waals surface area contributed by atoms with Crippen LogP contribution in [0.15, 0.2) is 76.3 Å². The molecule has 0 radical (unpaired) electrons. The number of ether oxygens (including phenoxy) is 3. The summed E-state index contributed by atoms with van der Waals surface area (Å²) in [6.45, 7) is -0.408. The number of hydrogen-bond donors (Lipinski definition) is 1. The maximum atomic E-state index is 13.6. The standard InChI is InChI=1S/C26H23N3O7/c1-34-16-12-13-19(22(14-16)35-2)27-23(30)15-28-20-10-6-4-8-17(20)24(31)29(26(28)33)21-11-7-5-9-18(21)25(32)36-3/h4-14H,15H2,1-3H3,(H,27,30). The van der Waals surface area contributed by atoms with Gasteiger partial charge in [-0.3, -0.25) is 14.2 Å². The molecular weight excluding hydrogens is 466 g/mol. The second-order valence-electron chi connectivity index (χ2n) is 7.65. The van der Waals surface area contributed by atoms with Gasteiger partial charge in [0.25, 0.3) is 5.56 Å². The van der Waals surface area contributed by atoms with Gasteiger partial charge in [-0.15, -0.1) is 0 Å². The number of methoxy groups -OCH3 is 3. The summed E-state index contributed by atoms with van der Waals surface area (Å²) in [5, 5.41) is 2.93. The molecule has 0 aliphatic heterocycles. The van der Waals surface area contributed by atoms with Gasteiger partial charge in [-0.1, -0.05) is 24.3 Å². The van der Waals surface area contributed by atoms with Crippen LogP contribution in [-0.2, 0) is 16.1 Å². The zero-order valence-corrected chi connectivity index (χ0v) is 19.8. The number of carbonyl (C=O) groups excluding carboxylic acids is 2. The van der Waals surface area contributed by atoms with E-state index < -0.39 is 29.7 Å². The first-order valence-corrected chi connectivity index (χ1v) is 10.8. The molecule has 0 saturated carbocycles. The number of rotatable bonds is 7. The predicted molar refractivity (Wildman–Crippen MR) is 133 cm³/mol. The molecule has 1 N–H and O–H groups in total. The number of fused-ring (bicyclic) bond motifs is 1. The van der Waals surface area contributed by atoms with Crippen molar-refractivity contribution in [1.82, 2.24) is 9.13 Å². The molecule has 0 unspecified atom stereocenters.